The van der Waals surface area contributed by atoms with E-state index in [0.717, 1.165) is 35.1 Å². The van der Waals surface area contributed by atoms with Gasteiger partial charge in [-0.05, 0) is 38.2 Å². The minimum absolute atomic E-state index is 0.0622. The summed E-state index contributed by atoms with van der Waals surface area (Å²) in [7, 11) is 0. The fourth-order valence-electron chi connectivity index (χ4n) is 3.05. The standard InChI is InChI=1S/C18H24N2OS/c1-3-21-16-7-5-4-6-13(16)14(19)11-18-20-15-9-8-12(2)10-17(15)22-18/h4-7,12,14H,3,8-11,19H2,1-2H3. The lowest BCUT2D eigenvalue weighted by Crippen LogP contribution is -2.15. The maximum Gasteiger partial charge on any atom is 0.124 e. The van der Waals surface area contributed by atoms with Crippen molar-refractivity contribution in [3.05, 3.63) is 45.4 Å². The van der Waals surface area contributed by atoms with Gasteiger partial charge in [0.05, 0.1) is 17.3 Å². The van der Waals surface area contributed by atoms with Crippen molar-refractivity contribution in [2.75, 3.05) is 6.61 Å². The number of nitrogens with zero attached hydrogens (tertiary/aromatic N) is 1. The van der Waals surface area contributed by atoms with Crippen LogP contribution in [0.2, 0.25) is 0 Å². The van der Waals surface area contributed by atoms with Gasteiger partial charge in [-0.15, -0.1) is 11.3 Å². The molecular formula is C18H24N2OS. The van der Waals surface area contributed by atoms with Crippen LogP contribution in [0.4, 0.5) is 0 Å². The largest absolute Gasteiger partial charge is 0.494 e. The lowest BCUT2D eigenvalue weighted by Gasteiger charge is -2.15. The van der Waals surface area contributed by atoms with E-state index in [1.807, 2.05) is 36.5 Å². The Hall–Kier alpha value is -1.39. The summed E-state index contributed by atoms with van der Waals surface area (Å²) in [6, 6.07) is 8.00. The minimum atomic E-state index is -0.0622. The fraction of sp³-hybridized carbons (Fsp3) is 0.500. The van der Waals surface area contributed by atoms with E-state index < -0.39 is 0 Å². The summed E-state index contributed by atoms with van der Waals surface area (Å²) in [5, 5.41) is 1.16. The predicted octanol–water partition coefficient (Wildman–Crippen LogP) is 3.91. The second kappa shape index (κ2) is 6.80. The molecule has 0 bridgehead atoms. The van der Waals surface area contributed by atoms with Crippen LogP contribution in [0.5, 0.6) is 5.75 Å². The molecule has 1 aromatic carbocycles. The highest BCUT2D eigenvalue weighted by Crippen LogP contribution is 2.32. The zero-order valence-electron chi connectivity index (χ0n) is 13.3. The summed E-state index contributed by atoms with van der Waals surface area (Å²) in [6.45, 7) is 4.98. The van der Waals surface area contributed by atoms with E-state index in [1.54, 1.807) is 0 Å². The van der Waals surface area contributed by atoms with Crippen LogP contribution in [0.25, 0.3) is 0 Å². The van der Waals surface area contributed by atoms with Crippen LogP contribution in [0.3, 0.4) is 0 Å². The Morgan fingerprint density at radius 3 is 3.05 bits per heavy atom. The summed E-state index contributed by atoms with van der Waals surface area (Å²) in [4.78, 5) is 6.30. The van der Waals surface area contributed by atoms with Gasteiger partial charge in [0.1, 0.15) is 5.75 Å². The van der Waals surface area contributed by atoms with Crippen LogP contribution >= 0.6 is 11.3 Å². The molecule has 2 N–H and O–H groups in total. The molecule has 0 spiro atoms. The quantitative estimate of drug-likeness (QED) is 0.910. The Balaban J connectivity index is 1.76. The Labute approximate surface area is 136 Å². The highest BCUT2D eigenvalue weighted by atomic mass is 32.1. The average Bonchev–Trinajstić information content (AvgIpc) is 2.89. The van der Waals surface area contributed by atoms with E-state index in [-0.39, 0.29) is 6.04 Å². The molecule has 1 aromatic heterocycles. The third kappa shape index (κ3) is 3.33. The summed E-state index contributed by atoms with van der Waals surface area (Å²) in [6.07, 6.45) is 4.35. The molecule has 1 aliphatic carbocycles. The number of nitrogens with two attached hydrogens (primary N) is 1. The van der Waals surface area contributed by atoms with Crippen molar-refractivity contribution in [3.63, 3.8) is 0 Å². The zero-order chi connectivity index (χ0) is 15.5. The number of aryl methyl sites for hydroxylation is 1. The summed E-state index contributed by atoms with van der Waals surface area (Å²) in [5.74, 6) is 1.68. The fourth-order valence-corrected chi connectivity index (χ4v) is 4.39. The van der Waals surface area contributed by atoms with Crippen LogP contribution in [0, 0.1) is 5.92 Å². The maximum atomic E-state index is 6.43. The molecule has 3 nitrogen and oxygen atoms in total. The molecule has 4 heteroatoms. The van der Waals surface area contributed by atoms with E-state index in [4.69, 9.17) is 15.5 Å². The Morgan fingerprint density at radius 2 is 2.23 bits per heavy atom. The molecular weight excluding hydrogens is 292 g/mol. The molecule has 2 unspecified atom stereocenters. The smallest absolute Gasteiger partial charge is 0.124 e. The minimum Gasteiger partial charge on any atom is -0.494 e. The molecule has 1 heterocycles. The van der Waals surface area contributed by atoms with Gasteiger partial charge in [-0.1, -0.05) is 25.1 Å². The van der Waals surface area contributed by atoms with Gasteiger partial charge in [0.25, 0.3) is 0 Å². The molecule has 0 saturated heterocycles. The third-order valence-electron chi connectivity index (χ3n) is 4.24. The van der Waals surface area contributed by atoms with E-state index in [0.29, 0.717) is 6.61 Å². The van der Waals surface area contributed by atoms with Crippen molar-refractivity contribution in [2.45, 2.75) is 45.6 Å². The van der Waals surface area contributed by atoms with Crippen LogP contribution < -0.4 is 10.5 Å². The molecule has 118 valence electrons. The van der Waals surface area contributed by atoms with Gasteiger partial charge >= 0.3 is 0 Å². The topological polar surface area (TPSA) is 48.1 Å². The molecule has 0 fully saturated rings. The molecule has 2 aromatic rings. The maximum absolute atomic E-state index is 6.43. The van der Waals surface area contributed by atoms with Crippen LogP contribution in [-0.2, 0) is 19.3 Å². The van der Waals surface area contributed by atoms with Crippen molar-refractivity contribution in [1.29, 1.82) is 0 Å². The SMILES string of the molecule is CCOc1ccccc1C(N)Cc1nc2c(s1)CC(C)CC2. The number of hydrogen-bond acceptors (Lipinski definition) is 4. The first kappa shape index (κ1) is 15.5. The number of fused-ring (bicyclic) bond motifs is 1. The number of para-hydroxylation sites is 1. The van der Waals surface area contributed by atoms with Crippen molar-refractivity contribution in [3.8, 4) is 5.75 Å². The van der Waals surface area contributed by atoms with Gasteiger partial charge in [-0.25, -0.2) is 4.98 Å². The number of ether oxygens (including phenoxy) is 1. The Kier molecular flexibility index (Phi) is 4.79. The van der Waals surface area contributed by atoms with E-state index in [9.17, 15) is 0 Å². The van der Waals surface area contributed by atoms with Crippen molar-refractivity contribution in [1.82, 2.24) is 4.98 Å². The first-order chi connectivity index (χ1) is 10.7. The Morgan fingerprint density at radius 1 is 1.41 bits per heavy atom. The molecule has 3 rings (SSSR count). The first-order valence-electron chi connectivity index (χ1n) is 8.12. The zero-order valence-corrected chi connectivity index (χ0v) is 14.2. The molecule has 0 saturated carbocycles. The normalized spacial score (nSPS) is 18.8. The van der Waals surface area contributed by atoms with Crippen LogP contribution in [0.1, 0.15) is 47.5 Å². The number of benzene rings is 1. The van der Waals surface area contributed by atoms with Gasteiger partial charge < -0.3 is 10.5 Å². The number of aromatic nitrogens is 1. The van der Waals surface area contributed by atoms with Gasteiger partial charge in [0, 0.05) is 22.9 Å². The second-order valence-corrected chi connectivity index (χ2v) is 7.28. The second-order valence-electron chi connectivity index (χ2n) is 6.11. The molecule has 1 aliphatic rings. The third-order valence-corrected chi connectivity index (χ3v) is 5.39. The van der Waals surface area contributed by atoms with E-state index >= 15 is 0 Å². The summed E-state index contributed by atoms with van der Waals surface area (Å²) < 4.78 is 5.69. The number of thiazole rings is 1. The van der Waals surface area contributed by atoms with E-state index in [1.165, 1.54) is 23.4 Å². The monoisotopic (exact) mass is 316 g/mol. The van der Waals surface area contributed by atoms with Gasteiger partial charge in [0.15, 0.2) is 0 Å². The molecule has 0 radical (unpaired) electrons. The van der Waals surface area contributed by atoms with Crippen molar-refractivity contribution in [2.24, 2.45) is 11.7 Å². The van der Waals surface area contributed by atoms with Crippen molar-refractivity contribution >= 4 is 11.3 Å². The first-order valence-corrected chi connectivity index (χ1v) is 8.93. The molecule has 22 heavy (non-hydrogen) atoms. The predicted molar refractivity (Wildman–Crippen MR) is 91.5 cm³/mol. The molecule has 0 amide bonds. The van der Waals surface area contributed by atoms with Gasteiger partial charge in [-0.2, -0.15) is 0 Å². The molecule has 0 aliphatic heterocycles. The number of rotatable bonds is 5. The summed E-state index contributed by atoms with van der Waals surface area (Å²) >= 11 is 1.85. The lowest BCUT2D eigenvalue weighted by atomic mass is 9.93. The van der Waals surface area contributed by atoms with Gasteiger partial charge in [-0.3, -0.25) is 0 Å². The summed E-state index contributed by atoms with van der Waals surface area (Å²) in [5.41, 5.74) is 8.81. The van der Waals surface area contributed by atoms with Crippen LogP contribution in [-0.4, -0.2) is 11.6 Å². The van der Waals surface area contributed by atoms with Crippen LogP contribution in [0.15, 0.2) is 24.3 Å². The highest BCUT2D eigenvalue weighted by Gasteiger charge is 2.21. The van der Waals surface area contributed by atoms with Gasteiger partial charge in [0.2, 0.25) is 0 Å². The Bertz CT molecular complexity index is 638. The highest BCUT2D eigenvalue weighted by molar-refractivity contribution is 7.11. The lowest BCUT2D eigenvalue weighted by molar-refractivity contribution is 0.334. The number of hydrogen-bond donors (Lipinski definition) is 1. The molecule has 2 atom stereocenters. The average molecular weight is 316 g/mol. The van der Waals surface area contributed by atoms with E-state index in [2.05, 4.69) is 13.0 Å². The van der Waals surface area contributed by atoms with Crippen molar-refractivity contribution < 1.29 is 4.74 Å².